The molecule has 29 heavy (non-hydrogen) atoms. The molecule has 2 aromatic rings. The fourth-order valence-electron chi connectivity index (χ4n) is 4.32. The smallest absolute Gasteiger partial charge is 0.261 e. The predicted octanol–water partition coefficient (Wildman–Crippen LogP) is 3.03. The van der Waals surface area contributed by atoms with Crippen LogP contribution in [0.25, 0.3) is 0 Å². The first-order valence-electron chi connectivity index (χ1n) is 9.58. The van der Waals surface area contributed by atoms with Crippen LogP contribution < -0.4 is 10.5 Å². The maximum Gasteiger partial charge on any atom is 0.261 e. The van der Waals surface area contributed by atoms with Crippen LogP contribution in [0.3, 0.4) is 0 Å². The van der Waals surface area contributed by atoms with Crippen molar-refractivity contribution in [2.45, 2.75) is 30.7 Å². The summed E-state index contributed by atoms with van der Waals surface area (Å²) in [4.78, 5) is 15.1. The van der Waals surface area contributed by atoms with Gasteiger partial charge in [0.05, 0.1) is 16.1 Å². The number of aryl methyl sites for hydroxylation is 1. The Hall–Kier alpha value is -2.09. The number of rotatable bonds is 4. The standard InChI is InChI=1S/C21H25N3O3S.ClH/c1-14-6-9-16(10-7-14)28(26,27)23-20-5-3-2-4-17(20)21(25)24-12-15-8-11-19(22)18(15)13-24;/h2-7,9-10,15,18-19,23H,8,11-13,22H2,1H3;1H. The molecule has 0 radical (unpaired) electrons. The molecule has 1 saturated heterocycles. The van der Waals surface area contributed by atoms with E-state index in [-0.39, 0.29) is 29.3 Å². The first-order chi connectivity index (χ1) is 13.3. The number of halogens is 1. The lowest BCUT2D eigenvalue weighted by molar-refractivity contribution is 0.0780. The summed E-state index contributed by atoms with van der Waals surface area (Å²) in [6.45, 7) is 3.23. The van der Waals surface area contributed by atoms with E-state index in [0.717, 1.165) is 18.4 Å². The molecule has 2 aromatic carbocycles. The zero-order chi connectivity index (χ0) is 19.9. The van der Waals surface area contributed by atoms with Gasteiger partial charge in [-0.1, -0.05) is 29.8 Å². The molecule has 8 heteroatoms. The molecule has 1 saturated carbocycles. The van der Waals surface area contributed by atoms with Crippen molar-refractivity contribution in [3.8, 4) is 0 Å². The zero-order valence-electron chi connectivity index (χ0n) is 16.2. The van der Waals surface area contributed by atoms with Crippen LogP contribution in [0.5, 0.6) is 0 Å². The highest BCUT2D eigenvalue weighted by molar-refractivity contribution is 7.92. The molecule has 3 atom stereocenters. The number of nitrogens with zero attached hydrogens (tertiary/aromatic N) is 1. The van der Waals surface area contributed by atoms with Gasteiger partial charge in [-0.05, 0) is 55.9 Å². The molecule has 4 rings (SSSR count). The van der Waals surface area contributed by atoms with E-state index >= 15 is 0 Å². The van der Waals surface area contributed by atoms with Crippen LogP contribution in [0.15, 0.2) is 53.4 Å². The Morgan fingerprint density at radius 3 is 2.45 bits per heavy atom. The molecule has 3 N–H and O–H groups in total. The number of carbonyl (C=O) groups excluding carboxylic acids is 1. The lowest BCUT2D eigenvalue weighted by Gasteiger charge is -2.20. The largest absolute Gasteiger partial charge is 0.338 e. The van der Waals surface area contributed by atoms with E-state index in [1.54, 1.807) is 48.5 Å². The van der Waals surface area contributed by atoms with E-state index in [0.29, 0.717) is 36.2 Å². The van der Waals surface area contributed by atoms with Crippen LogP contribution in [-0.2, 0) is 10.0 Å². The second kappa shape index (κ2) is 8.34. The van der Waals surface area contributed by atoms with Crippen LogP contribution >= 0.6 is 12.4 Å². The van der Waals surface area contributed by atoms with E-state index in [9.17, 15) is 13.2 Å². The maximum atomic E-state index is 13.1. The quantitative estimate of drug-likeness (QED) is 0.771. The second-order valence-electron chi connectivity index (χ2n) is 7.84. The molecule has 156 valence electrons. The lowest BCUT2D eigenvalue weighted by atomic mass is 9.98. The Morgan fingerprint density at radius 2 is 1.76 bits per heavy atom. The van der Waals surface area contributed by atoms with Gasteiger partial charge in [-0.15, -0.1) is 12.4 Å². The van der Waals surface area contributed by atoms with Gasteiger partial charge < -0.3 is 10.6 Å². The van der Waals surface area contributed by atoms with Gasteiger partial charge in [0.2, 0.25) is 0 Å². The minimum absolute atomic E-state index is 0. The second-order valence-corrected chi connectivity index (χ2v) is 9.52. The third-order valence-corrected chi connectivity index (χ3v) is 7.31. The summed E-state index contributed by atoms with van der Waals surface area (Å²) in [5.74, 6) is 0.652. The molecule has 2 fully saturated rings. The maximum absolute atomic E-state index is 13.1. The number of hydrogen-bond acceptors (Lipinski definition) is 4. The van der Waals surface area contributed by atoms with Crippen molar-refractivity contribution in [1.82, 2.24) is 4.90 Å². The number of likely N-dealkylation sites (tertiary alicyclic amines) is 1. The number of amides is 1. The topological polar surface area (TPSA) is 92.5 Å². The van der Waals surface area contributed by atoms with Gasteiger partial charge in [-0.3, -0.25) is 9.52 Å². The molecule has 3 unspecified atom stereocenters. The van der Waals surface area contributed by atoms with E-state index in [4.69, 9.17) is 5.73 Å². The summed E-state index contributed by atoms with van der Waals surface area (Å²) in [6, 6.07) is 13.5. The number of carbonyl (C=O) groups is 1. The number of fused-ring (bicyclic) bond motifs is 1. The van der Waals surface area contributed by atoms with Crippen molar-refractivity contribution in [2.75, 3.05) is 17.8 Å². The van der Waals surface area contributed by atoms with Crippen molar-refractivity contribution in [2.24, 2.45) is 17.6 Å². The number of hydrogen-bond donors (Lipinski definition) is 2. The highest BCUT2D eigenvalue weighted by atomic mass is 35.5. The number of nitrogens with one attached hydrogen (secondary N) is 1. The molecule has 1 amide bonds. The summed E-state index contributed by atoms with van der Waals surface area (Å²) in [6.07, 6.45) is 2.07. The minimum Gasteiger partial charge on any atom is -0.338 e. The molecule has 6 nitrogen and oxygen atoms in total. The normalized spacial score (nSPS) is 23.4. The third-order valence-electron chi connectivity index (χ3n) is 5.93. The minimum atomic E-state index is -3.77. The van der Waals surface area contributed by atoms with Crippen LogP contribution in [0, 0.1) is 18.8 Å². The molecule has 0 spiro atoms. The average Bonchev–Trinajstić information content (AvgIpc) is 3.24. The van der Waals surface area contributed by atoms with Crippen LogP contribution in [0.2, 0.25) is 0 Å². The summed E-state index contributed by atoms with van der Waals surface area (Å²) in [7, 11) is -3.77. The first-order valence-corrected chi connectivity index (χ1v) is 11.1. The van der Waals surface area contributed by atoms with Gasteiger partial charge in [0.15, 0.2) is 0 Å². The van der Waals surface area contributed by atoms with Gasteiger partial charge in [-0.25, -0.2) is 8.42 Å². The Kier molecular flexibility index (Phi) is 6.22. The number of sulfonamides is 1. The van der Waals surface area contributed by atoms with Gasteiger partial charge >= 0.3 is 0 Å². The van der Waals surface area contributed by atoms with Crippen molar-refractivity contribution < 1.29 is 13.2 Å². The van der Waals surface area contributed by atoms with Crippen LogP contribution in [-0.4, -0.2) is 38.4 Å². The SMILES string of the molecule is Cc1ccc(S(=O)(=O)Nc2ccccc2C(=O)N2CC3CCC(N)C3C2)cc1.Cl. The van der Waals surface area contributed by atoms with E-state index in [2.05, 4.69) is 4.72 Å². The third kappa shape index (κ3) is 4.27. The summed E-state index contributed by atoms with van der Waals surface area (Å²) in [5, 5.41) is 0. The molecule has 1 heterocycles. The van der Waals surface area contributed by atoms with Crippen molar-refractivity contribution in [1.29, 1.82) is 0 Å². The van der Waals surface area contributed by atoms with Gasteiger partial charge in [0, 0.05) is 19.1 Å². The Balaban J connectivity index is 0.00000240. The average molecular weight is 436 g/mol. The highest BCUT2D eigenvalue weighted by Crippen LogP contribution is 2.38. The first kappa shape index (κ1) is 21.6. The number of anilines is 1. The Labute approximate surface area is 177 Å². The number of nitrogens with two attached hydrogens (primary N) is 1. The summed E-state index contributed by atoms with van der Waals surface area (Å²) in [5.41, 5.74) is 7.83. The molecule has 2 aliphatic rings. The molecule has 0 bridgehead atoms. The van der Waals surface area contributed by atoms with Crippen molar-refractivity contribution >= 4 is 34.0 Å². The van der Waals surface area contributed by atoms with Crippen molar-refractivity contribution in [3.05, 3.63) is 59.7 Å². The number of para-hydroxylation sites is 1. The predicted molar refractivity (Wildman–Crippen MR) is 116 cm³/mol. The highest BCUT2D eigenvalue weighted by Gasteiger charge is 2.42. The molecule has 1 aliphatic carbocycles. The zero-order valence-corrected chi connectivity index (χ0v) is 17.9. The van der Waals surface area contributed by atoms with Gasteiger partial charge in [-0.2, -0.15) is 0 Å². The van der Waals surface area contributed by atoms with E-state index in [1.165, 1.54) is 0 Å². The van der Waals surface area contributed by atoms with Crippen LogP contribution in [0.1, 0.15) is 28.8 Å². The molecule has 0 aromatic heterocycles. The summed E-state index contributed by atoms with van der Waals surface area (Å²) >= 11 is 0. The fourth-order valence-corrected chi connectivity index (χ4v) is 5.40. The fraction of sp³-hybridized carbons (Fsp3) is 0.381. The number of benzene rings is 2. The van der Waals surface area contributed by atoms with Gasteiger partial charge in [0.1, 0.15) is 0 Å². The Morgan fingerprint density at radius 1 is 1.07 bits per heavy atom. The van der Waals surface area contributed by atoms with E-state index < -0.39 is 10.0 Å². The van der Waals surface area contributed by atoms with E-state index in [1.807, 2.05) is 11.8 Å². The molecular weight excluding hydrogens is 410 g/mol. The monoisotopic (exact) mass is 435 g/mol. The molecule has 1 aliphatic heterocycles. The molecular formula is C21H26ClN3O3S. The van der Waals surface area contributed by atoms with Crippen LogP contribution in [0.4, 0.5) is 5.69 Å². The van der Waals surface area contributed by atoms with Crippen molar-refractivity contribution in [3.63, 3.8) is 0 Å². The lowest BCUT2D eigenvalue weighted by Crippen LogP contribution is -2.34. The van der Waals surface area contributed by atoms with Gasteiger partial charge in [0.25, 0.3) is 15.9 Å². The Bertz CT molecular complexity index is 994. The summed E-state index contributed by atoms with van der Waals surface area (Å²) < 4.78 is 28.1.